The van der Waals surface area contributed by atoms with Crippen LogP contribution in [0, 0.1) is 0 Å². The lowest BCUT2D eigenvalue weighted by molar-refractivity contribution is -0.146. The third-order valence-electron chi connectivity index (χ3n) is 4.51. The Kier molecular flexibility index (Phi) is 5.52. The van der Waals surface area contributed by atoms with E-state index in [1.165, 1.54) is 0 Å². The van der Waals surface area contributed by atoms with Gasteiger partial charge in [0.05, 0.1) is 11.4 Å². The summed E-state index contributed by atoms with van der Waals surface area (Å²) in [5.41, 5.74) is 3.62. The Bertz CT molecular complexity index is 1010. The Labute approximate surface area is 168 Å². The van der Waals surface area contributed by atoms with Crippen LogP contribution in [-0.2, 0) is 16.0 Å². The van der Waals surface area contributed by atoms with Crippen molar-refractivity contribution in [2.24, 2.45) is 4.99 Å². The van der Waals surface area contributed by atoms with Crippen LogP contribution in [0.15, 0.2) is 53.5 Å². The first-order chi connectivity index (χ1) is 13.7. The van der Waals surface area contributed by atoms with Gasteiger partial charge in [0.25, 0.3) is 0 Å². The molecule has 0 saturated heterocycles. The van der Waals surface area contributed by atoms with Crippen LogP contribution in [0.3, 0.4) is 0 Å². The second-order valence-corrected chi connectivity index (χ2v) is 6.62. The molecule has 0 unspecified atom stereocenters. The predicted octanol–water partition coefficient (Wildman–Crippen LogP) is 4.34. The first-order valence-electron chi connectivity index (χ1n) is 9.31. The summed E-state index contributed by atoms with van der Waals surface area (Å²) < 4.78 is 13.5. The topological polar surface area (TPSA) is 61.5 Å². The van der Waals surface area contributed by atoms with Gasteiger partial charge in [0.15, 0.2) is 11.6 Å². The summed E-state index contributed by atoms with van der Waals surface area (Å²) in [7, 11) is 0. The number of ether oxygens (including phenoxy) is 2. The fourth-order valence-corrected chi connectivity index (χ4v) is 3.56. The van der Waals surface area contributed by atoms with Gasteiger partial charge in [0, 0.05) is 29.4 Å². The first kappa shape index (κ1) is 18.8. The Morgan fingerprint density at radius 3 is 2.36 bits per heavy atom. The van der Waals surface area contributed by atoms with Gasteiger partial charge in [0.2, 0.25) is 6.29 Å². The van der Waals surface area contributed by atoms with E-state index >= 15 is 0 Å². The van der Waals surface area contributed by atoms with E-state index in [0.29, 0.717) is 30.6 Å². The van der Waals surface area contributed by atoms with E-state index in [1.807, 2.05) is 66.9 Å². The molecule has 2 aromatic carbocycles. The molecule has 0 atom stereocenters. The maximum absolute atomic E-state index is 6.47. The molecular formula is C21H21ClN4O2. The van der Waals surface area contributed by atoms with Crippen LogP contribution >= 0.6 is 11.6 Å². The normalized spacial score (nSPS) is 13.1. The Morgan fingerprint density at radius 1 is 0.964 bits per heavy atom. The van der Waals surface area contributed by atoms with Crippen LogP contribution in [-0.4, -0.2) is 33.7 Å². The molecule has 0 radical (unpaired) electrons. The Balaban J connectivity index is 1.88. The van der Waals surface area contributed by atoms with Crippen LogP contribution in [0.1, 0.15) is 42.9 Å². The number of halogens is 1. The molecule has 4 rings (SSSR count). The van der Waals surface area contributed by atoms with Crippen molar-refractivity contribution in [1.82, 2.24) is 14.8 Å². The zero-order valence-corrected chi connectivity index (χ0v) is 16.6. The van der Waals surface area contributed by atoms with Crippen LogP contribution in [0.25, 0.3) is 5.69 Å². The summed E-state index contributed by atoms with van der Waals surface area (Å²) in [5, 5.41) is 9.39. The number of aromatic nitrogens is 3. The molecule has 0 spiro atoms. The maximum atomic E-state index is 6.47. The van der Waals surface area contributed by atoms with Gasteiger partial charge in [-0.05, 0) is 26.0 Å². The van der Waals surface area contributed by atoms with Crippen molar-refractivity contribution in [3.63, 3.8) is 0 Å². The minimum absolute atomic E-state index is 0.382. The highest BCUT2D eigenvalue weighted by molar-refractivity contribution is 6.35. The van der Waals surface area contributed by atoms with Crippen LogP contribution in [0.2, 0.25) is 5.02 Å². The highest BCUT2D eigenvalue weighted by atomic mass is 35.5. The van der Waals surface area contributed by atoms with Gasteiger partial charge in [-0.25, -0.2) is 0 Å². The van der Waals surface area contributed by atoms with Gasteiger partial charge in [-0.2, -0.15) is 0 Å². The molecule has 2 heterocycles. The maximum Gasteiger partial charge on any atom is 0.219 e. The molecule has 0 aliphatic carbocycles. The summed E-state index contributed by atoms with van der Waals surface area (Å²) in [4.78, 5) is 4.83. The van der Waals surface area contributed by atoms with Crippen molar-refractivity contribution >= 4 is 17.3 Å². The van der Waals surface area contributed by atoms with Crippen LogP contribution in [0.4, 0.5) is 0 Å². The minimum atomic E-state index is -0.592. The quantitative estimate of drug-likeness (QED) is 0.581. The largest absolute Gasteiger partial charge is 0.346 e. The van der Waals surface area contributed by atoms with Crippen molar-refractivity contribution < 1.29 is 9.47 Å². The third kappa shape index (κ3) is 3.35. The highest BCUT2D eigenvalue weighted by Gasteiger charge is 2.27. The standard InChI is InChI=1S/C21H21ClN4O2/c1-3-27-21(28-4-2)20-25-24-18-13-23-19(14-9-5-7-11-16(14)22)15-10-6-8-12-17(15)26(18)20/h5-12,21H,3-4,13H2,1-2H3. The monoisotopic (exact) mass is 396 g/mol. The average Bonchev–Trinajstić information content (AvgIpc) is 3.06. The van der Waals surface area contributed by atoms with Crippen molar-refractivity contribution in [2.75, 3.05) is 13.2 Å². The molecule has 3 aromatic rings. The lowest BCUT2D eigenvalue weighted by Crippen LogP contribution is -2.16. The van der Waals surface area contributed by atoms with E-state index in [-0.39, 0.29) is 0 Å². The van der Waals surface area contributed by atoms with Gasteiger partial charge < -0.3 is 9.47 Å². The van der Waals surface area contributed by atoms with E-state index in [2.05, 4.69) is 10.2 Å². The number of para-hydroxylation sites is 1. The summed E-state index contributed by atoms with van der Waals surface area (Å²) in [5.74, 6) is 1.34. The van der Waals surface area contributed by atoms with E-state index in [0.717, 1.165) is 28.4 Å². The highest BCUT2D eigenvalue weighted by Crippen LogP contribution is 2.30. The van der Waals surface area contributed by atoms with Gasteiger partial charge >= 0.3 is 0 Å². The van der Waals surface area contributed by atoms with Gasteiger partial charge in [-0.15, -0.1) is 10.2 Å². The number of hydrogen-bond acceptors (Lipinski definition) is 5. The van der Waals surface area contributed by atoms with Gasteiger partial charge in [-0.3, -0.25) is 9.56 Å². The number of nitrogens with zero attached hydrogens (tertiary/aromatic N) is 4. The number of benzene rings is 2. The molecule has 0 saturated carbocycles. The fraction of sp³-hybridized carbons (Fsp3) is 0.286. The minimum Gasteiger partial charge on any atom is -0.346 e. The van der Waals surface area contributed by atoms with E-state index in [1.54, 1.807) is 0 Å². The number of fused-ring (bicyclic) bond motifs is 3. The second kappa shape index (κ2) is 8.22. The Morgan fingerprint density at radius 2 is 1.64 bits per heavy atom. The molecule has 1 aliphatic heterocycles. The van der Waals surface area contributed by atoms with Crippen molar-refractivity contribution in [2.45, 2.75) is 26.7 Å². The summed E-state index contributed by atoms with van der Waals surface area (Å²) in [6.07, 6.45) is -0.592. The van der Waals surface area contributed by atoms with E-state index in [4.69, 9.17) is 26.1 Å². The SMILES string of the molecule is CCOC(OCC)c1nnc2n1-c1ccccc1C(c1ccccc1Cl)=NC2. The summed E-state index contributed by atoms with van der Waals surface area (Å²) >= 11 is 6.47. The van der Waals surface area contributed by atoms with Crippen molar-refractivity contribution in [1.29, 1.82) is 0 Å². The first-order valence-corrected chi connectivity index (χ1v) is 9.68. The smallest absolute Gasteiger partial charge is 0.219 e. The molecule has 6 nitrogen and oxygen atoms in total. The van der Waals surface area contributed by atoms with E-state index < -0.39 is 6.29 Å². The van der Waals surface area contributed by atoms with Crippen molar-refractivity contribution in [3.05, 3.63) is 76.3 Å². The molecule has 0 fully saturated rings. The van der Waals surface area contributed by atoms with Crippen LogP contribution < -0.4 is 0 Å². The molecule has 0 N–H and O–H groups in total. The molecule has 1 aliphatic rings. The lowest BCUT2D eigenvalue weighted by atomic mass is 10.0. The van der Waals surface area contributed by atoms with Crippen molar-refractivity contribution in [3.8, 4) is 5.69 Å². The fourth-order valence-electron chi connectivity index (χ4n) is 3.34. The van der Waals surface area contributed by atoms with Crippen LogP contribution in [0.5, 0.6) is 0 Å². The molecular weight excluding hydrogens is 376 g/mol. The number of hydrogen-bond donors (Lipinski definition) is 0. The molecule has 1 aromatic heterocycles. The average molecular weight is 397 g/mol. The molecule has 28 heavy (non-hydrogen) atoms. The molecule has 7 heteroatoms. The van der Waals surface area contributed by atoms with E-state index in [9.17, 15) is 0 Å². The van der Waals surface area contributed by atoms with Gasteiger partial charge in [0.1, 0.15) is 6.54 Å². The summed E-state index contributed by atoms with van der Waals surface area (Å²) in [6, 6.07) is 15.8. The zero-order valence-electron chi connectivity index (χ0n) is 15.8. The number of rotatable bonds is 6. The molecule has 0 bridgehead atoms. The van der Waals surface area contributed by atoms with Gasteiger partial charge in [-0.1, -0.05) is 48.0 Å². The summed E-state index contributed by atoms with van der Waals surface area (Å²) in [6.45, 7) is 5.26. The molecule has 0 amide bonds. The predicted molar refractivity (Wildman–Crippen MR) is 108 cm³/mol. The third-order valence-corrected chi connectivity index (χ3v) is 4.84. The Hall–Kier alpha value is -2.54. The lowest BCUT2D eigenvalue weighted by Gasteiger charge is -2.19. The zero-order chi connectivity index (χ0) is 19.5. The molecule has 144 valence electrons. The number of aliphatic imine (C=N–C) groups is 1. The second-order valence-electron chi connectivity index (χ2n) is 6.21.